The van der Waals surface area contributed by atoms with Crippen LogP contribution in [0.4, 0.5) is 0 Å². The molecule has 3 N–H and O–H groups in total. The SMILES string of the molecule is C/C(=C\[C@H](C(C)C)N(C)C(=O)[C@@H](NC(O)OC(C)(C)C)C(C)(C)C)C(=O)O. The Kier molecular flexibility index (Phi) is 9.15. The Hall–Kier alpha value is -1.44. The monoisotopic (exact) mass is 386 g/mol. The van der Waals surface area contributed by atoms with Crippen LogP contribution in [0.25, 0.3) is 0 Å². The number of likely N-dealkylation sites (N-methyl/N-ethyl adjacent to an activating group) is 1. The van der Waals surface area contributed by atoms with Gasteiger partial charge in [0, 0.05) is 12.6 Å². The van der Waals surface area contributed by atoms with E-state index in [2.05, 4.69) is 5.32 Å². The summed E-state index contributed by atoms with van der Waals surface area (Å²) in [6, 6.07) is -1.11. The maximum Gasteiger partial charge on any atom is 0.331 e. The van der Waals surface area contributed by atoms with Crippen LogP contribution in [-0.2, 0) is 14.3 Å². The third-order valence-corrected chi connectivity index (χ3v) is 4.12. The standard InChI is InChI=1S/C20H38N2O5/c1-12(2)14(11-13(3)17(24)25)22(10)16(23)15(19(4,5)6)21-18(26)27-20(7,8)9/h11-12,14-15,18,21,26H,1-10H3,(H,24,25)/b13-11+/t14-,15-,18?/m1/s1. The first-order chi connectivity index (χ1) is 12.0. The van der Waals surface area contributed by atoms with Crippen molar-refractivity contribution in [2.75, 3.05) is 7.05 Å². The number of carbonyl (C=O) groups excluding carboxylic acids is 1. The number of aliphatic hydroxyl groups is 1. The maximum absolute atomic E-state index is 13.2. The molecule has 0 saturated heterocycles. The normalized spacial score (nSPS) is 16.8. The topological polar surface area (TPSA) is 99.1 Å². The van der Waals surface area contributed by atoms with Gasteiger partial charge in [-0.15, -0.1) is 0 Å². The van der Waals surface area contributed by atoms with Crippen LogP contribution < -0.4 is 5.32 Å². The zero-order chi connectivity index (χ0) is 21.7. The highest BCUT2D eigenvalue weighted by atomic mass is 16.6. The number of carbonyl (C=O) groups is 2. The Bertz CT molecular complexity index is 544. The van der Waals surface area contributed by atoms with Crippen molar-refractivity contribution in [3.05, 3.63) is 11.6 Å². The van der Waals surface area contributed by atoms with Gasteiger partial charge in [0.25, 0.3) is 0 Å². The lowest BCUT2D eigenvalue weighted by Crippen LogP contribution is -2.58. The molecule has 1 amide bonds. The van der Waals surface area contributed by atoms with Crippen LogP contribution in [0.2, 0.25) is 0 Å². The van der Waals surface area contributed by atoms with Crippen LogP contribution in [0.1, 0.15) is 62.3 Å². The van der Waals surface area contributed by atoms with Crippen molar-refractivity contribution in [2.45, 2.75) is 86.4 Å². The van der Waals surface area contributed by atoms with Crippen LogP contribution in [0.15, 0.2) is 11.6 Å². The summed E-state index contributed by atoms with van der Waals surface area (Å²) in [4.78, 5) is 25.9. The van der Waals surface area contributed by atoms with E-state index in [1.807, 2.05) is 55.4 Å². The lowest BCUT2D eigenvalue weighted by molar-refractivity contribution is -0.192. The minimum absolute atomic E-state index is 0.0182. The van der Waals surface area contributed by atoms with Crippen LogP contribution >= 0.6 is 0 Å². The van der Waals surface area contributed by atoms with Crippen molar-refractivity contribution < 1.29 is 24.5 Å². The van der Waals surface area contributed by atoms with E-state index < -0.39 is 29.4 Å². The van der Waals surface area contributed by atoms with Gasteiger partial charge < -0.3 is 19.8 Å². The number of nitrogens with one attached hydrogen (secondary N) is 1. The molecule has 0 aromatic rings. The van der Waals surface area contributed by atoms with Gasteiger partial charge in [-0.3, -0.25) is 10.1 Å². The summed E-state index contributed by atoms with van der Waals surface area (Å²) < 4.78 is 5.48. The van der Waals surface area contributed by atoms with Gasteiger partial charge in [0.15, 0.2) is 0 Å². The van der Waals surface area contributed by atoms with E-state index in [0.29, 0.717) is 0 Å². The lowest BCUT2D eigenvalue weighted by atomic mass is 9.85. The van der Waals surface area contributed by atoms with E-state index >= 15 is 0 Å². The average Bonchev–Trinajstić information content (AvgIpc) is 2.45. The third-order valence-electron chi connectivity index (χ3n) is 4.12. The number of aliphatic hydroxyl groups excluding tert-OH is 1. The van der Waals surface area contributed by atoms with Gasteiger partial charge in [0.05, 0.1) is 17.7 Å². The van der Waals surface area contributed by atoms with Crippen molar-refractivity contribution in [3.63, 3.8) is 0 Å². The molecule has 0 aliphatic rings. The number of carboxylic acid groups (broad SMARTS) is 1. The second-order valence-corrected chi connectivity index (χ2v) is 9.39. The number of carboxylic acids is 1. The first kappa shape index (κ1) is 25.6. The van der Waals surface area contributed by atoms with Gasteiger partial charge in [-0.2, -0.15) is 0 Å². The molecule has 158 valence electrons. The molecule has 0 aromatic carbocycles. The van der Waals surface area contributed by atoms with E-state index in [-0.39, 0.29) is 23.4 Å². The highest BCUT2D eigenvalue weighted by Crippen LogP contribution is 2.24. The van der Waals surface area contributed by atoms with E-state index in [1.54, 1.807) is 13.1 Å². The first-order valence-corrected chi connectivity index (χ1v) is 9.27. The van der Waals surface area contributed by atoms with Gasteiger partial charge in [0.1, 0.15) is 0 Å². The molecule has 0 aliphatic carbocycles. The van der Waals surface area contributed by atoms with Crippen molar-refractivity contribution in [1.29, 1.82) is 0 Å². The quantitative estimate of drug-likeness (QED) is 0.438. The molecule has 0 bridgehead atoms. The predicted octanol–water partition coefficient (Wildman–Crippen LogP) is 2.60. The summed E-state index contributed by atoms with van der Waals surface area (Å²) in [5.41, 5.74) is -0.892. The molecule has 0 saturated carbocycles. The summed E-state index contributed by atoms with van der Waals surface area (Å²) in [6.45, 7) is 16.5. The molecule has 0 aromatic heterocycles. The van der Waals surface area contributed by atoms with Crippen molar-refractivity contribution in [1.82, 2.24) is 10.2 Å². The second kappa shape index (κ2) is 9.66. The summed E-state index contributed by atoms with van der Waals surface area (Å²) in [5, 5.41) is 22.3. The van der Waals surface area contributed by atoms with Crippen LogP contribution in [-0.4, -0.2) is 58.1 Å². The van der Waals surface area contributed by atoms with Crippen LogP contribution in [0.3, 0.4) is 0 Å². The predicted molar refractivity (Wildman–Crippen MR) is 106 cm³/mol. The molecular formula is C20H38N2O5. The summed E-state index contributed by atoms with van der Waals surface area (Å²) in [7, 11) is 1.65. The highest BCUT2D eigenvalue weighted by molar-refractivity contribution is 5.86. The van der Waals surface area contributed by atoms with Gasteiger partial charge in [-0.25, -0.2) is 4.79 Å². The average molecular weight is 387 g/mol. The highest BCUT2D eigenvalue weighted by Gasteiger charge is 2.37. The molecule has 3 atom stereocenters. The number of rotatable bonds is 8. The second-order valence-electron chi connectivity index (χ2n) is 9.39. The molecule has 27 heavy (non-hydrogen) atoms. The molecule has 0 heterocycles. The Labute approximate surface area is 163 Å². The van der Waals surface area contributed by atoms with Crippen molar-refractivity contribution in [2.24, 2.45) is 11.3 Å². The number of ether oxygens (including phenoxy) is 1. The molecule has 7 heteroatoms. The first-order valence-electron chi connectivity index (χ1n) is 9.27. The molecule has 0 spiro atoms. The number of hydrogen-bond donors (Lipinski definition) is 3. The number of nitrogens with zero attached hydrogens (tertiary/aromatic N) is 1. The Morgan fingerprint density at radius 3 is 1.93 bits per heavy atom. The van der Waals surface area contributed by atoms with Gasteiger partial charge in [0.2, 0.25) is 12.3 Å². The molecule has 0 radical (unpaired) electrons. The fourth-order valence-electron chi connectivity index (χ4n) is 2.63. The number of amides is 1. The lowest BCUT2D eigenvalue weighted by Gasteiger charge is -2.39. The molecule has 0 aliphatic heterocycles. The zero-order valence-electron chi connectivity index (χ0n) is 18.5. The summed E-state index contributed by atoms with van der Waals surface area (Å²) in [5.74, 6) is -1.24. The minimum atomic E-state index is -1.31. The number of aliphatic carboxylic acids is 1. The van der Waals surface area contributed by atoms with Crippen LogP contribution in [0, 0.1) is 11.3 Å². The fraction of sp³-hybridized carbons (Fsp3) is 0.800. The van der Waals surface area contributed by atoms with Gasteiger partial charge >= 0.3 is 5.97 Å². The fourth-order valence-corrected chi connectivity index (χ4v) is 2.63. The Morgan fingerprint density at radius 2 is 1.59 bits per heavy atom. The van der Waals surface area contributed by atoms with E-state index in [4.69, 9.17) is 9.84 Å². The Balaban J connectivity index is 5.64. The van der Waals surface area contributed by atoms with Crippen molar-refractivity contribution >= 4 is 11.9 Å². The number of hydrogen-bond acceptors (Lipinski definition) is 5. The maximum atomic E-state index is 13.2. The van der Waals surface area contributed by atoms with Gasteiger partial charge in [-0.1, -0.05) is 40.7 Å². The Morgan fingerprint density at radius 1 is 1.11 bits per heavy atom. The molecule has 0 rings (SSSR count). The molecular weight excluding hydrogens is 348 g/mol. The molecule has 0 fully saturated rings. The van der Waals surface area contributed by atoms with E-state index in [0.717, 1.165) is 0 Å². The summed E-state index contributed by atoms with van der Waals surface area (Å²) >= 11 is 0. The smallest absolute Gasteiger partial charge is 0.331 e. The largest absolute Gasteiger partial charge is 0.478 e. The zero-order valence-corrected chi connectivity index (χ0v) is 18.5. The summed E-state index contributed by atoms with van der Waals surface area (Å²) in [6.07, 6.45) is 0.285. The van der Waals surface area contributed by atoms with Crippen molar-refractivity contribution in [3.8, 4) is 0 Å². The van der Waals surface area contributed by atoms with Crippen LogP contribution in [0.5, 0.6) is 0 Å². The minimum Gasteiger partial charge on any atom is -0.478 e. The molecule has 1 unspecified atom stereocenters. The van der Waals surface area contributed by atoms with E-state index in [9.17, 15) is 14.7 Å². The third kappa shape index (κ3) is 8.86. The molecule has 7 nitrogen and oxygen atoms in total. The van der Waals surface area contributed by atoms with E-state index in [1.165, 1.54) is 11.8 Å². The van der Waals surface area contributed by atoms with Gasteiger partial charge in [-0.05, 0) is 39.0 Å².